The number of ketones is 1. The lowest BCUT2D eigenvalue weighted by atomic mass is 9.91. The van der Waals surface area contributed by atoms with E-state index in [0.717, 1.165) is 30.6 Å². The van der Waals surface area contributed by atoms with Gasteiger partial charge in [0.05, 0.1) is 17.5 Å². The molecule has 0 amide bonds. The number of thiophene rings is 1. The minimum absolute atomic E-state index is 0.142. The molecule has 2 unspecified atom stereocenters. The molecule has 0 spiro atoms. The summed E-state index contributed by atoms with van der Waals surface area (Å²) in [5.74, 6) is 0.161. The van der Waals surface area contributed by atoms with Crippen LogP contribution in [0.25, 0.3) is 0 Å². The van der Waals surface area contributed by atoms with Gasteiger partial charge in [0.25, 0.3) is 0 Å². The maximum atomic E-state index is 12.1. The van der Waals surface area contributed by atoms with Gasteiger partial charge >= 0.3 is 0 Å². The van der Waals surface area contributed by atoms with Crippen LogP contribution in [0.3, 0.4) is 0 Å². The van der Waals surface area contributed by atoms with Crippen molar-refractivity contribution < 1.29 is 9.90 Å². The third-order valence-corrected chi connectivity index (χ3v) is 4.71. The molecule has 1 aliphatic carbocycles. The van der Waals surface area contributed by atoms with Gasteiger partial charge in [0.1, 0.15) is 0 Å². The second-order valence-electron chi connectivity index (χ2n) is 5.17. The molecule has 2 rings (SSSR count). The standard InChI is InChI=1S/C14H21NO2S/c1-10-7-8-14(18-10)13(17)9-15(2)11-5-3-4-6-12(11)16/h7-8,11-12,16H,3-6,9H2,1-2H3. The number of likely N-dealkylation sites (N-methyl/N-ethyl adjacent to an activating group) is 1. The maximum Gasteiger partial charge on any atom is 0.186 e. The summed E-state index contributed by atoms with van der Waals surface area (Å²) in [5.41, 5.74) is 0. The van der Waals surface area contributed by atoms with Gasteiger partial charge in [0.15, 0.2) is 5.78 Å². The highest BCUT2D eigenvalue weighted by Crippen LogP contribution is 2.23. The zero-order chi connectivity index (χ0) is 13.1. The Labute approximate surface area is 112 Å². The number of aryl methyl sites for hydroxylation is 1. The molecule has 1 aromatic rings. The highest BCUT2D eigenvalue weighted by atomic mass is 32.1. The minimum atomic E-state index is -0.276. The lowest BCUT2D eigenvalue weighted by molar-refractivity contribution is 0.0323. The predicted octanol–water partition coefficient (Wildman–Crippen LogP) is 2.47. The third kappa shape index (κ3) is 3.19. The average molecular weight is 267 g/mol. The van der Waals surface area contributed by atoms with Crippen molar-refractivity contribution in [2.75, 3.05) is 13.6 Å². The van der Waals surface area contributed by atoms with E-state index in [2.05, 4.69) is 0 Å². The van der Waals surface area contributed by atoms with E-state index in [4.69, 9.17) is 0 Å². The van der Waals surface area contributed by atoms with Crippen molar-refractivity contribution in [2.24, 2.45) is 0 Å². The Hall–Kier alpha value is -0.710. The first-order valence-electron chi connectivity index (χ1n) is 6.56. The summed E-state index contributed by atoms with van der Waals surface area (Å²) < 4.78 is 0. The van der Waals surface area contributed by atoms with Crippen LogP contribution in [0.5, 0.6) is 0 Å². The summed E-state index contributed by atoms with van der Waals surface area (Å²) in [6.45, 7) is 2.41. The average Bonchev–Trinajstić information content (AvgIpc) is 2.76. The number of carbonyl (C=O) groups excluding carboxylic acids is 1. The zero-order valence-corrected chi connectivity index (χ0v) is 11.9. The molecule has 1 N–H and O–H groups in total. The summed E-state index contributed by atoms with van der Waals surface area (Å²) in [4.78, 5) is 16.1. The molecular formula is C14H21NO2S. The lowest BCUT2D eigenvalue weighted by Gasteiger charge is -2.34. The van der Waals surface area contributed by atoms with Gasteiger partial charge in [-0.05, 0) is 38.9 Å². The van der Waals surface area contributed by atoms with Crippen LogP contribution in [0, 0.1) is 6.92 Å². The van der Waals surface area contributed by atoms with Gasteiger partial charge in [-0.25, -0.2) is 0 Å². The molecule has 0 radical (unpaired) electrons. The van der Waals surface area contributed by atoms with E-state index in [1.165, 1.54) is 4.88 Å². The smallest absolute Gasteiger partial charge is 0.186 e. The third-order valence-electron chi connectivity index (χ3n) is 3.67. The van der Waals surface area contributed by atoms with E-state index in [1.807, 2.05) is 31.0 Å². The second-order valence-corrected chi connectivity index (χ2v) is 6.46. The Morgan fingerprint density at radius 1 is 1.44 bits per heavy atom. The fourth-order valence-electron chi connectivity index (χ4n) is 2.61. The van der Waals surface area contributed by atoms with Gasteiger partial charge in [-0.3, -0.25) is 9.69 Å². The fraction of sp³-hybridized carbons (Fsp3) is 0.643. The first kappa shape index (κ1) is 13.7. The van der Waals surface area contributed by atoms with E-state index in [-0.39, 0.29) is 17.9 Å². The van der Waals surface area contributed by atoms with E-state index in [1.54, 1.807) is 11.3 Å². The van der Waals surface area contributed by atoms with Crippen molar-refractivity contribution in [3.63, 3.8) is 0 Å². The SMILES string of the molecule is Cc1ccc(C(=O)CN(C)C2CCCCC2O)s1. The van der Waals surface area contributed by atoms with Gasteiger partial charge < -0.3 is 5.11 Å². The Morgan fingerprint density at radius 3 is 2.78 bits per heavy atom. The Kier molecular flexibility index (Phi) is 4.54. The number of aliphatic hydroxyl groups excluding tert-OH is 1. The summed E-state index contributed by atoms with van der Waals surface area (Å²) in [5, 5.41) is 9.98. The van der Waals surface area contributed by atoms with Crippen molar-refractivity contribution in [3.05, 3.63) is 21.9 Å². The molecule has 2 atom stereocenters. The molecule has 18 heavy (non-hydrogen) atoms. The van der Waals surface area contributed by atoms with Crippen molar-refractivity contribution in [3.8, 4) is 0 Å². The summed E-state index contributed by atoms with van der Waals surface area (Å²) in [7, 11) is 1.94. The molecule has 0 saturated heterocycles. The summed E-state index contributed by atoms with van der Waals surface area (Å²) >= 11 is 1.55. The molecule has 0 aromatic carbocycles. The quantitative estimate of drug-likeness (QED) is 0.852. The molecule has 1 aromatic heterocycles. The minimum Gasteiger partial charge on any atom is -0.391 e. The topological polar surface area (TPSA) is 40.5 Å². The normalized spacial score (nSPS) is 24.4. The molecule has 0 aliphatic heterocycles. The molecule has 1 saturated carbocycles. The maximum absolute atomic E-state index is 12.1. The van der Waals surface area contributed by atoms with Crippen LogP contribution < -0.4 is 0 Å². The van der Waals surface area contributed by atoms with Gasteiger partial charge in [-0.1, -0.05) is 12.8 Å². The van der Waals surface area contributed by atoms with E-state index in [0.29, 0.717) is 6.54 Å². The highest BCUT2D eigenvalue weighted by Gasteiger charge is 2.27. The first-order chi connectivity index (χ1) is 8.58. The van der Waals surface area contributed by atoms with Crippen LogP contribution in [-0.4, -0.2) is 41.5 Å². The molecule has 1 aliphatic rings. The lowest BCUT2D eigenvalue weighted by Crippen LogP contribution is -2.45. The molecule has 4 heteroatoms. The number of Topliss-reactive ketones (excluding diaryl/α,β-unsaturated/α-hetero) is 1. The van der Waals surface area contributed by atoms with Crippen LogP contribution in [-0.2, 0) is 0 Å². The van der Waals surface area contributed by atoms with E-state index >= 15 is 0 Å². The molecule has 1 fully saturated rings. The van der Waals surface area contributed by atoms with Crippen LogP contribution >= 0.6 is 11.3 Å². The molecule has 3 nitrogen and oxygen atoms in total. The molecule has 0 bridgehead atoms. The Balaban J connectivity index is 1.94. The largest absolute Gasteiger partial charge is 0.391 e. The first-order valence-corrected chi connectivity index (χ1v) is 7.37. The van der Waals surface area contributed by atoms with Gasteiger partial charge in [-0.15, -0.1) is 11.3 Å². The second kappa shape index (κ2) is 5.95. The van der Waals surface area contributed by atoms with Crippen LogP contribution in [0.15, 0.2) is 12.1 Å². The molecular weight excluding hydrogens is 246 g/mol. The number of rotatable bonds is 4. The predicted molar refractivity (Wildman–Crippen MR) is 74.3 cm³/mol. The van der Waals surface area contributed by atoms with E-state index < -0.39 is 0 Å². The Bertz CT molecular complexity index is 416. The molecule has 1 heterocycles. The number of nitrogens with zero attached hydrogens (tertiary/aromatic N) is 1. The van der Waals surface area contributed by atoms with Gasteiger partial charge in [-0.2, -0.15) is 0 Å². The van der Waals surface area contributed by atoms with Crippen LogP contribution in [0.1, 0.15) is 40.2 Å². The van der Waals surface area contributed by atoms with Crippen molar-refractivity contribution in [2.45, 2.75) is 44.8 Å². The van der Waals surface area contributed by atoms with Crippen LogP contribution in [0.2, 0.25) is 0 Å². The monoisotopic (exact) mass is 267 g/mol. The number of carbonyl (C=O) groups is 1. The Morgan fingerprint density at radius 2 is 2.17 bits per heavy atom. The van der Waals surface area contributed by atoms with Crippen molar-refractivity contribution in [1.29, 1.82) is 0 Å². The van der Waals surface area contributed by atoms with E-state index in [9.17, 15) is 9.90 Å². The van der Waals surface area contributed by atoms with Gasteiger partial charge in [0, 0.05) is 10.9 Å². The number of hydrogen-bond donors (Lipinski definition) is 1. The molecule has 100 valence electrons. The fourth-order valence-corrected chi connectivity index (χ4v) is 3.41. The van der Waals surface area contributed by atoms with Crippen LogP contribution in [0.4, 0.5) is 0 Å². The zero-order valence-electron chi connectivity index (χ0n) is 11.1. The summed E-state index contributed by atoms with van der Waals surface area (Å²) in [6.07, 6.45) is 3.83. The van der Waals surface area contributed by atoms with Crippen molar-refractivity contribution >= 4 is 17.1 Å². The summed E-state index contributed by atoms with van der Waals surface area (Å²) in [6, 6.07) is 4.02. The van der Waals surface area contributed by atoms with Crippen molar-refractivity contribution in [1.82, 2.24) is 4.90 Å². The number of aliphatic hydroxyl groups is 1. The number of hydrogen-bond acceptors (Lipinski definition) is 4. The highest BCUT2D eigenvalue weighted by molar-refractivity contribution is 7.14. The van der Waals surface area contributed by atoms with Gasteiger partial charge in [0.2, 0.25) is 0 Å².